The van der Waals surface area contributed by atoms with Gasteiger partial charge in [0.25, 0.3) is 0 Å². The summed E-state index contributed by atoms with van der Waals surface area (Å²) in [6, 6.07) is 0. The second kappa shape index (κ2) is 15.0. The molecule has 0 aromatic carbocycles. The molecular weight excluding hydrogens is 241 g/mol. The second-order valence-electron chi connectivity index (χ2n) is 2.30. The van der Waals surface area contributed by atoms with E-state index in [1.54, 1.807) is 0 Å². The zero-order valence-electron chi connectivity index (χ0n) is 8.58. The summed E-state index contributed by atoms with van der Waals surface area (Å²) < 4.78 is 4.94. The smallest absolute Gasteiger partial charge is 0.550 e. The Morgan fingerprint density at radius 3 is 1.29 bits per heavy atom. The van der Waals surface area contributed by atoms with Crippen LogP contribution in [0.3, 0.4) is 0 Å². The fourth-order valence-electron chi connectivity index (χ4n) is 0.510. The van der Waals surface area contributed by atoms with Crippen molar-refractivity contribution in [2.45, 2.75) is 26.7 Å². The summed E-state index contributed by atoms with van der Waals surface area (Å²) in [5.74, 6) is -2.17. The van der Waals surface area contributed by atoms with Gasteiger partial charge in [0.1, 0.15) is 0 Å². The minimum absolute atomic E-state index is 0. The van der Waals surface area contributed by atoms with Crippen molar-refractivity contribution in [3.63, 3.8) is 0 Å². The first kappa shape index (κ1) is 19.2. The predicted octanol–water partition coefficient (Wildman–Crippen LogP) is -1.69. The minimum atomic E-state index is -1.08. The first-order valence-corrected chi connectivity index (χ1v) is 3.89. The number of hydrogen-bond donors (Lipinski definition) is 0. The van der Waals surface area contributed by atoms with E-state index in [0.717, 1.165) is 27.1 Å². The van der Waals surface area contributed by atoms with Crippen LogP contribution in [0.25, 0.3) is 0 Å². The van der Waals surface area contributed by atoms with Crippen molar-refractivity contribution in [1.82, 2.24) is 0 Å². The summed E-state index contributed by atoms with van der Waals surface area (Å²) in [6.07, 6.45) is 2.56. The van der Waals surface area contributed by atoms with Gasteiger partial charge in [-0.2, -0.15) is 0 Å². The molecule has 0 amide bonds. The van der Waals surface area contributed by atoms with Gasteiger partial charge in [0.15, 0.2) is 0 Å². The maximum atomic E-state index is 8.89. The number of carboxylic acids is 2. The van der Waals surface area contributed by atoms with Gasteiger partial charge in [-0.3, -0.25) is 0 Å². The molecule has 0 aliphatic carbocycles. The molecule has 0 aromatic rings. The van der Waals surface area contributed by atoms with Crippen LogP contribution >= 0.6 is 0 Å². The predicted molar refractivity (Wildman–Crippen MR) is 41.4 cm³/mol. The third-order valence-corrected chi connectivity index (χ3v) is 0.827. The van der Waals surface area contributed by atoms with Crippen LogP contribution in [0.2, 0.25) is 0 Å². The molecule has 0 radical (unpaired) electrons. The average molecular weight is 256 g/mol. The topological polar surface area (TPSA) is 89.5 Å². The van der Waals surface area contributed by atoms with Crippen LogP contribution in [-0.2, 0) is 33.8 Å². The van der Waals surface area contributed by atoms with Gasteiger partial charge in [-0.05, 0) is 26.7 Å². The van der Waals surface area contributed by atoms with E-state index < -0.39 is 11.9 Å². The molecular formula is C8H14O5Zn. The Morgan fingerprint density at radius 1 is 1.00 bits per heavy atom. The number of ether oxygens (including phenoxy) is 1. The Kier molecular flexibility index (Phi) is 20.5. The molecule has 0 N–H and O–H groups in total. The summed E-state index contributed by atoms with van der Waals surface area (Å²) in [5, 5.41) is 17.8. The molecule has 78 valence electrons. The molecule has 1 rings (SSSR count). The molecule has 0 unspecified atom stereocenters. The molecule has 1 fully saturated rings. The Balaban J connectivity index is -0.000000127. The third kappa shape index (κ3) is 62.4. The molecule has 0 spiro atoms. The summed E-state index contributed by atoms with van der Waals surface area (Å²) in [6.45, 7) is 3.94. The SMILES string of the molecule is C1CCOC1.CC(=O)[O-].CC(=O)[O-].[Zn+2]. The van der Waals surface area contributed by atoms with Crippen molar-refractivity contribution < 1.29 is 44.0 Å². The molecule has 14 heavy (non-hydrogen) atoms. The molecule has 5 nitrogen and oxygen atoms in total. The maximum absolute atomic E-state index is 8.89. The van der Waals surface area contributed by atoms with E-state index in [0.29, 0.717) is 0 Å². The number of carboxylic acid groups (broad SMARTS) is 2. The molecule has 0 saturated carbocycles. The van der Waals surface area contributed by atoms with Crippen LogP contribution in [0.4, 0.5) is 0 Å². The van der Waals surface area contributed by atoms with E-state index in [1.165, 1.54) is 12.8 Å². The third-order valence-electron chi connectivity index (χ3n) is 0.827. The van der Waals surface area contributed by atoms with Crippen molar-refractivity contribution in [3.05, 3.63) is 0 Å². The van der Waals surface area contributed by atoms with Crippen LogP contribution < -0.4 is 10.2 Å². The van der Waals surface area contributed by atoms with Crippen molar-refractivity contribution >= 4 is 11.9 Å². The van der Waals surface area contributed by atoms with Crippen molar-refractivity contribution in [3.8, 4) is 0 Å². The fraction of sp³-hybridized carbons (Fsp3) is 0.750. The zero-order valence-corrected chi connectivity index (χ0v) is 11.5. The van der Waals surface area contributed by atoms with Gasteiger partial charge >= 0.3 is 19.5 Å². The van der Waals surface area contributed by atoms with Gasteiger partial charge in [0, 0.05) is 25.2 Å². The molecule has 0 atom stereocenters. The molecule has 6 heteroatoms. The number of carbonyl (C=O) groups is 2. The second-order valence-corrected chi connectivity index (χ2v) is 2.30. The van der Waals surface area contributed by atoms with Crippen molar-refractivity contribution in [2.75, 3.05) is 13.2 Å². The molecule has 1 aliphatic rings. The fourth-order valence-corrected chi connectivity index (χ4v) is 0.510. The zero-order chi connectivity index (χ0) is 10.7. The van der Waals surface area contributed by atoms with E-state index >= 15 is 0 Å². The molecule has 1 aliphatic heterocycles. The minimum Gasteiger partial charge on any atom is -0.550 e. The first-order chi connectivity index (χ1) is 5.96. The molecule has 1 heterocycles. The summed E-state index contributed by atoms with van der Waals surface area (Å²) in [4.78, 5) is 17.8. The Bertz CT molecular complexity index is 117. The summed E-state index contributed by atoms with van der Waals surface area (Å²) >= 11 is 0. The maximum Gasteiger partial charge on any atom is 2.00 e. The van der Waals surface area contributed by atoms with E-state index in [9.17, 15) is 0 Å². The number of rotatable bonds is 0. The van der Waals surface area contributed by atoms with Crippen molar-refractivity contribution in [1.29, 1.82) is 0 Å². The van der Waals surface area contributed by atoms with Crippen LogP contribution in [0.5, 0.6) is 0 Å². The van der Waals surface area contributed by atoms with Gasteiger partial charge in [-0.25, -0.2) is 0 Å². The van der Waals surface area contributed by atoms with E-state index in [2.05, 4.69) is 0 Å². The number of aliphatic carboxylic acids is 2. The van der Waals surface area contributed by atoms with E-state index in [4.69, 9.17) is 24.5 Å². The Morgan fingerprint density at radius 2 is 1.21 bits per heavy atom. The largest absolute Gasteiger partial charge is 2.00 e. The Hall–Kier alpha value is -0.477. The molecule has 0 aromatic heterocycles. The quantitative estimate of drug-likeness (QED) is 0.482. The van der Waals surface area contributed by atoms with E-state index in [1.807, 2.05) is 0 Å². The Labute approximate surface area is 96.2 Å². The van der Waals surface area contributed by atoms with Gasteiger partial charge in [-0.1, -0.05) is 0 Å². The van der Waals surface area contributed by atoms with Gasteiger partial charge < -0.3 is 24.5 Å². The normalized spacial score (nSPS) is 12.1. The summed E-state index contributed by atoms with van der Waals surface area (Å²) in [7, 11) is 0. The standard InChI is InChI=1S/C4H8O.2C2H4O2.Zn/c1-2-4-5-3-1;2*1-2(3)4;/h1-4H2;2*1H3,(H,3,4);/q;;;+2/p-2. The number of hydrogen-bond acceptors (Lipinski definition) is 5. The monoisotopic (exact) mass is 254 g/mol. The molecule has 0 bridgehead atoms. The van der Waals surface area contributed by atoms with Gasteiger partial charge in [0.2, 0.25) is 0 Å². The average Bonchev–Trinajstić information content (AvgIpc) is 2.35. The van der Waals surface area contributed by atoms with E-state index in [-0.39, 0.29) is 19.5 Å². The van der Waals surface area contributed by atoms with Crippen molar-refractivity contribution in [2.24, 2.45) is 0 Å². The van der Waals surface area contributed by atoms with Crippen LogP contribution in [0, 0.1) is 0 Å². The number of carbonyl (C=O) groups excluding carboxylic acids is 2. The van der Waals surface area contributed by atoms with Crippen LogP contribution in [-0.4, -0.2) is 25.2 Å². The summed E-state index contributed by atoms with van der Waals surface area (Å²) in [5.41, 5.74) is 0. The van der Waals surface area contributed by atoms with Gasteiger partial charge in [0.05, 0.1) is 0 Å². The molecule has 1 saturated heterocycles. The van der Waals surface area contributed by atoms with Crippen LogP contribution in [0.15, 0.2) is 0 Å². The van der Waals surface area contributed by atoms with Crippen LogP contribution in [0.1, 0.15) is 26.7 Å². The van der Waals surface area contributed by atoms with Gasteiger partial charge in [-0.15, -0.1) is 0 Å². The first-order valence-electron chi connectivity index (χ1n) is 3.89.